The first-order valence-corrected chi connectivity index (χ1v) is 22.3. The van der Waals surface area contributed by atoms with Crippen molar-refractivity contribution < 1.29 is 4.42 Å². The summed E-state index contributed by atoms with van der Waals surface area (Å²) in [5, 5.41) is 16.9. The van der Waals surface area contributed by atoms with Crippen LogP contribution in [-0.4, -0.2) is 0 Å². The van der Waals surface area contributed by atoms with Crippen molar-refractivity contribution >= 4 is 124 Å². The van der Waals surface area contributed by atoms with Crippen molar-refractivity contribution in [3.8, 4) is 11.1 Å². The van der Waals surface area contributed by atoms with Gasteiger partial charge in [0, 0.05) is 47.9 Å². The number of nitrogens with zero attached hydrogens (tertiary/aromatic N) is 1. The third-order valence-corrected chi connectivity index (χ3v) is 14.0. The summed E-state index contributed by atoms with van der Waals surface area (Å²) in [5.41, 5.74) is 7.28. The SMILES string of the molecule is c1ccc(-c2ccccc2N(c2ccc3oc4ccccc4c3c2)c2ccc3c(c2)c2ccccc2c2ccccc2c2ccccc2c2cc4c(cc32)sc2ccccc24)cc1. The van der Waals surface area contributed by atoms with Gasteiger partial charge >= 0.3 is 0 Å². The lowest BCUT2D eigenvalue weighted by atomic mass is 9.93. The first kappa shape index (κ1) is 35.7. The molecule has 0 aliphatic rings. The van der Waals surface area contributed by atoms with Gasteiger partial charge in [-0.05, 0) is 120 Å². The molecule has 0 bridgehead atoms. The molecule has 0 fully saturated rings. The number of para-hydroxylation sites is 2. The van der Waals surface area contributed by atoms with Crippen molar-refractivity contribution in [2.24, 2.45) is 0 Å². The van der Waals surface area contributed by atoms with Crippen LogP contribution >= 0.6 is 11.3 Å². The molecule has 2 nitrogen and oxygen atoms in total. The number of furan rings is 1. The van der Waals surface area contributed by atoms with Crippen LogP contribution in [0.2, 0.25) is 0 Å². The molecule has 63 heavy (non-hydrogen) atoms. The second-order valence-electron chi connectivity index (χ2n) is 16.4. The highest BCUT2D eigenvalue weighted by molar-refractivity contribution is 7.25. The maximum Gasteiger partial charge on any atom is 0.135 e. The Kier molecular flexibility index (Phi) is 8.12. The summed E-state index contributed by atoms with van der Waals surface area (Å²) >= 11 is 1.87. The average molecular weight is 820 g/mol. The normalized spacial score (nSPS) is 11.8. The molecular formula is C60H37NOS. The molecule has 2 aromatic heterocycles. The van der Waals surface area contributed by atoms with Gasteiger partial charge in [-0.3, -0.25) is 0 Å². The molecule has 0 saturated carbocycles. The van der Waals surface area contributed by atoms with E-state index < -0.39 is 0 Å². The maximum atomic E-state index is 6.37. The van der Waals surface area contributed by atoms with Gasteiger partial charge in [-0.25, -0.2) is 0 Å². The van der Waals surface area contributed by atoms with E-state index in [2.05, 4.69) is 223 Å². The van der Waals surface area contributed by atoms with Gasteiger partial charge in [0.05, 0.1) is 5.69 Å². The smallest absolute Gasteiger partial charge is 0.135 e. The number of hydrogen-bond donors (Lipinski definition) is 0. The Labute approximate surface area is 367 Å². The Morgan fingerprint density at radius 3 is 1.46 bits per heavy atom. The minimum atomic E-state index is 0.874. The first-order valence-electron chi connectivity index (χ1n) is 21.5. The van der Waals surface area contributed by atoms with E-state index in [9.17, 15) is 0 Å². The molecule has 0 amide bonds. The quantitative estimate of drug-likeness (QED) is 0.176. The number of benzene rings is 10. The largest absolute Gasteiger partial charge is 0.456 e. The summed E-state index contributed by atoms with van der Waals surface area (Å²) < 4.78 is 8.96. The molecule has 2 heterocycles. The molecule has 294 valence electrons. The monoisotopic (exact) mass is 819 g/mol. The maximum absolute atomic E-state index is 6.37. The highest BCUT2D eigenvalue weighted by atomic mass is 32.1. The van der Waals surface area contributed by atoms with Gasteiger partial charge in [-0.1, -0.05) is 164 Å². The van der Waals surface area contributed by atoms with Crippen LogP contribution in [0.3, 0.4) is 0 Å². The lowest BCUT2D eigenvalue weighted by Crippen LogP contribution is -2.11. The van der Waals surface area contributed by atoms with E-state index in [4.69, 9.17) is 4.42 Å². The van der Waals surface area contributed by atoms with Gasteiger partial charge < -0.3 is 9.32 Å². The molecule has 0 radical (unpaired) electrons. The van der Waals surface area contributed by atoms with Crippen molar-refractivity contribution in [1.82, 2.24) is 0 Å². The molecule has 0 spiro atoms. The second-order valence-corrected chi connectivity index (χ2v) is 17.4. The summed E-state index contributed by atoms with van der Waals surface area (Å²) in [6.07, 6.45) is 0. The van der Waals surface area contributed by atoms with Gasteiger partial charge in [0.15, 0.2) is 0 Å². The second kappa shape index (κ2) is 14.3. The predicted molar refractivity (Wildman–Crippen MR) is 272 cm³/mol. The van der Waals surface area contributed by atoms with E-state index >= 15 is 0 Å². The highest BCUT2D eigenvalue weighted by Crippen LogP contribution is 2.46. The molecule has 0 unspecified atom stereocenters. The van der Waals surface area contributed by atoms with Crippen LogP contribution in [0.15, 0.2) is 229 Å². The topological polar surface area (TPSA) is 16.4 Å². The molecule has 0 saturated heterocycles. The fraction of sp³-hybridized carbons (Fsp3) is 0. The summed E-state index contributed by atoms with van der Waals surface area (Å²) in [5.74, 6) is 0. The Morgan fingerprint density at radius 1 is 0.286 bits per heavy atom. The lowest BCUT2D eigenvalue weighted by Gasteiger charge is -2.28. The number of fused-ring (bicyclic) bond motifs is 16. The van der Waals surface area contributed by atoms with E-state index in [0.29, 0.717) is 0 Å². The van der Waals surface area contributed by atoms with E-state index in [1.54, 1.807) is 0 Å². The number of anilines is 3. The Morgan fingerprint density at radius 2 is 0.762 bits per heavy atom. The Hall–Kier alpha value is -7.98. The van der Waals surface area contributed by atoms with Gasteiger partial charge in [0.2, 0.25) is 0 Å². The van der Waals surface area contributed by atoms with E-state index in [1.807, 2.05) is 17.4 Å². The molecule has 13 aromatic rings. The van der Waals surface area contributed by atoms with Crippen molar-refractivity contribution in [2.75, 3.05) is 4.90 Å². The van der Waals surface area contributed by atoms with E-state index in [-0.39, 0.29) is 0 Å². The van der Waals surface area contributed by atoms with E-state index in [1.165, 1.54) is 74.0 Å². The van der Waals surface area contributed by atoms with Crippen molar-refractivity contribution in [2.45, 2.75) is 0 Å². The van der Waals surface area contributed by atoms with Gasteiger partial charge in [0.25, 0.3) is 0 Å². The van der Waals surface area contributed by atoms with Crippen molar-refractivity contribution in [1.29, 1.82) is 0 Å². The number of hydrogen-bond acceptors (Lipinski definition) is 3. The first-order chi connectivity index (χ1) is 31.2. The minimum Gasteiger partial charge on any atom is -0.456 e. The van der Waals surface area contributed by atoms with Gasteiger partial charge in [-0.15, -0.1) is 11.3 Å². The van der Waals surface area contributed by atoms with Crippen molar-refractivity contribution in [3.63, 3.8) is 0 Å². The molecule has 3 heteroatoms. The summed E-state index contributed by atoms with van der Waals surface area (Å²) in [6, 6.07) is 82.2. The Balaban J connectivity index is 1.21. The van der Waals surface area contributed by atoms with Crippen LogP contribution in [0.4, 0.5) is 17.1 Å². The molecule has 0 aliphatic carbocycles. The molecule has 0 aliphatic heterocycles. The molecular weight excluding hydrogens is 783 g/mol. The van der Waals surface area contributed by atoms with Crippen molar-refractivity contribution in [3.05, 3.63) is 224 Å². The highest BCUT2D eigenvalue weighted by Gasteiger charge is 2.20. The van der Waals surface area contributed by atoms with E-state index in [0.717, 1.165) is 50.1 Å². The fourth-order valence-electron chi connectivity index (χ4n) is 10.0. The predicted octanol–water partition coefficient (Wildman–Crippen LogP) is 18.0. The number of rotatable bonds is 4. The third-order valence-electron chi connectivity index (χ3n) is 12.9. The van der Waals surface area contributed by atoms with Crippen LogP contribution in [0, 0.1) is 0 Å². The molecule has 11 aromatic carbocycles. The third kappa shape index (κ3) is 5.71. The zero-order valence-electron chi connectivity index (χ0n) is 34.1. The summed E-state index contributed by atoms with van der Waals surface area (Å²) in [6.45, 7) is 0. The molecule has 0 atom stereocenters. The Bertz CT molecular complexity index is 4050. The average Bonchev–Trinajstić information content (AvgIpc) is 3.91. The van der Waals surface area contributed by atoms with Crippen LogP contribution in [-0.2, 0) is 0 Å². The standard InChI is InChI=1S/C60H37NOS/c1-2-16-38(17-3-1)41-18-10-13-27-56(41)61(40-31-33-58-54(35-40)49-25-11-14-28-57(49)62-58)39-30-32-48-51(34-39)46-23-8-6-21-44(46)42-19-4-5-20-43(42)45-22-7-9-24-47(45)52-36-55-50-26-12-15-29-59(50)63-60(55)37-53(48)52/h1-37H. The number of thiophene rings is 1. The van der Waals surface area contributed by atoms with Crippen LogP contribution in [0.25, 0.3) is 107 Å². The van der Waals surface area contributed by atoms with Crippen LogP contribution in [0.5, 0.6) is 0 Å². The summed E-state index contributed by atoms with van der Waals surface area (Å²) in [7, 11) is 0. The molecule has 0 N–H and O–H groups in total. The van der Waals surface area contributed by atoms with Crippen LogP contribution in [0.1, 0.15) is 0 Å². The zero-order chi connectivity index (χ0) is 41.4. The lowest BCUT2D eigenvalue weighted by molar-refractivity contribution is 0.669. The minimum absolute atomic E-state index is 0.874. The zero-order valence-corrected chi connectivity index (χ0v) is 34.9. The van der Waals surface area contributed by atoms with Gasteiger partial charge in [-0.2, -0.15) is 0 Å². The summed E-state index contributed by atoms with van der Waals surface area (Å²) in [4.78, 5) is 2.44. The molecule has 13 rings (SSSR count). The van der Waals surface area contributed by atoms with Gasteiger partial charge in [0.1, 0.15) is 11.2 Å². The fourth-order valence-corrected chi connectivity index (χ4v) is 11.1. The van der Waals surface area contributed by atoms with Crippen LogP contribution < -0.4 is 4.90 Å².